The lowest BCUT2D eigenvalue weighted by Gasteiger charge is -2.58. The van der Waals surface area contributed by atoms with Crippen molar-refractivity contribution in [1.82, 2.24) is 10.6 Å². The highest BCUT2D eigenvalue weighted by molar-refractivity contribution is 5.96. The van der Waals surface area contributed by atoms with E-state index in [-0.39, 0.29) is 35.7 Å². The topological polar surface area (TPSA) is 147 Å². The van der Waals surface area contributed by atoms with Gasteiger partial charge in [0.2, 0.25) is 5.91 Å². The average molecular weight is 668 g/mol. The van der Waals surface area contributed by atoms with Crippen LogP contribution in [0, 0.1) is 52.8 Å². The number of aliphatic hydroxyl groups is 1. The lowest BCUT2D eigenvalue weighted by atomic mass is 9.46. The minimum absolute atomic E-state index is 0.0486. The number of hydrogen-bond acceptors (Lipinski definition) is 7. The number of carbonyl (C=O) groups excluding carboxylic acids is 2. The number of rotatable bonds is 10. The Balaban J connectivity index is 1.17. The van der Waals surface area contributed by atoms with E-state index in [0.29, 0.717) is 43.6 Å². The summed E-state index contributed by atoms with van der Waals surface area (Å²) < 4.78 is 5.80. The van der Waals surface area contributed by atoms with Crippen LogP contribution >= 0.6 is 0 Å². The molecule has 0 radical (unpaired) electrons. The Morgan fingerprint density at radius 2 is 1.79 bits per heavy atom. The third kappa shape index (κ3) is 7.05. The van der Waals surface area contributed by atoms with Crippen LogP contribution < -0.4 is 10.6 Å². The number of allylic oxidation sites excluding steroid dienone is 2. The molecule has 1 saturated heterocycles. The summed E-state index contributed by atoms with van der Waals surface area (Å²) >= 11 is 0. The number of terminal acetylenes is 1. The second-order valence-electron chi connectivity index (χ2n) is 16.7. The number of fused-ring (bicyclic) bond motifs is 5. The maximum Gasteiger partial charge on any atom is 0.305 e. The molecule has 2 amide bonds. The minimum Gasteiger partial charge on any atom is -0.481 e. The largest absolute Gasteiger partial charge is 0.481 e. The molecule has 0 spiro atoms. The summed E-state index contributed by atoms with van der Waals surface area (Å²) in [5, 5.41) is 30.9. The van der Waals surface area contributed by atoms with Gasteiger partial charge in [0, 0.05) is 18.1 Å². The van der Waals surface area contributed by atoms with Gasteiger partial charge >= 0.3 is 5.97 Å². The second kappa shape index (κ2) is 13.8. The summed E-state index contributed by atoms with van der Waals surface area (Å²) in [5.41, 5.74) is 0.689. The highest BCUT2D eigenvalue weighted by Crippen LogP contribution is 2.67. The van der Waals surface area contributed by atoms with Gasteiger partial charge in [0.05, 0.1) is 17.7 Å². The van der Waals surface area contributed by atoms with Gasteiger partial charge in [0.25, 0.3) is 5.91 Å². The molecule has 0 bridgehead atoms. The fourth-order valence-corrected chi connectivity index (χ4v) is 10.2. The SMILES string of the molecule is C#C[C@@]1(O)CC[C@@H]2[C@@H]3CCC4=C/C(=N\OCC(=O)N[C@@H](C(=O)N[C@H](CC(=O)O)[C@@H]5CCOC(C)(C)C5)C(C)C)CC[C@]4(C)[C@@H]3CC[C@@]21C. The van der Waals surface area contributed by atoms with Crippen molar-refractivity contribution < 1.29 is 34.2 Å². The Kier molecular flexibility index (Phi) is 10.4. The molecule has 1 aliphatic heterocycles. The van der Waals surface area contributed by atoms with E-state index in [1.807, 2.05) is 27.7 Å². The first-order valence-electron chi connectivity index (χ1n) is 18.1. The summed E-state index contributed by atoms with van der Waals surface area (Å²) in [6.45, 7) is 12.4. The van der Waals surface area contributed by atoms with E-state index in [0.717, 1.165) is 50.7 Å². The molecule has 10 heteroatoms. The highest BCUT2D eigenvalue weighted by atomic mass is 16.6. The van der Waals surface area contributed by atoms with Crippen LogP contribution in [0.2, 0.25) is 0 Å². The number of ether oxygens (including phenoxy) is 1. The zero-order chi connectivity index (χ0) is 35.1. The molecule has 5 rings (SSSR count). The molecular formula is C38H57N3O7. The Labute approximate surface area is 286 Å². The van der Waals surface area contributed by atoms with Gasteiger partial charge in [-0.2, -0.15) is 0 Å². The summed E-state index contributed by atoms with van der Waals surface area (Å²) in [7, 11) is 0. The van der Waals surface area contributed by atoms with E-state index < -0.39 is 41.1 Å². The van der Waals surface area contributed by atoms with E-state index in [1.165, 1.54) is 5.57 Å². The van der Waals surface area contributed by atoms with Crippen LogP contribution in [0.1, 0.15) is 112 Å². The quantitative estimate of drug-likeness (QED) is 0.190. The fraction of sp³-hybridized carbons (Fsp3) is 0.789. The summed E-state index contributed by atoms with van der Waals surface area (Å²) in [5.74, 6) is 2.19. The molecular weight excluding hydrogens is 610 g/mol. The van der Waals surface area contributed by atoms with Crippen LogP contribution in [-0.2, 0) is 24.0 Å². The molecule has 48 heavy (non-hydrogen) atoms. The molecule has 10 nitrogen and oxygen atoms in total. The molecule has 4 fully saturated rings. The standard InChI is InChI=1S/C38H57N3O7/c1-8-38(46)17-13-29-27-10-9-25-19-26(11-15-36(25,6)28(27)12-16-37(29,38)7)41-48-22-31(42)40-33(23(2)3)34(45)39-30(20-32(43)44)24-14-18-47-35(4,5)21-24/h1,19,23-24,27-30,33,46H,9-18,20-22H2,2-7H3,(H,39,45)(H,40,42)(H,43,44)/b41-26-/t24-,27-,28-,29-,30-,33-,36+,37+,38-/m1/s1. The Morgan fingerprint density at radius 3 is 2.46 bits per heavy atom. The van der Waals surface area contributed by atoms with Crippen LogP contribution in [0.3, 0.4) is 0 Å². The Hall–Kier alpha value is -2.90. The molecule has 4 aliphatic carbocycles. The van der Waals surface area contributed by atoms with E-state index in [1.54, 1.807) is 0 Å². The van der Waals surface area contributed by atoms with Gasteiger partial charge in [-0.25, -0.2) is 0 Å². The Bertz CT molecular complexity index is 1370. The predicted octanol–water partition coefficient (Wildman–Crippen LogP) is 4.99. The van der Waals surface area contributed by atoms with Crippen LogP contribution in [0.25, 0.3) is 0 Å². The van der Waals surface area contributed by atoms with E-state index in [9.17, 15) is 24.6 Å². The molecule has 3 saturated carbocycles. The molecule has 0 aromatic carbocycles. The van der Waals surface area contributed by atoms with Crippen LogP contribution in [0.5, 0.6) is 0 Å². The van der Waals surface area contributed by atoms with Gasteiger partial charge in [-0.3, -0.25) is 14.4 Å². The van der Waals surface area contributed by atoms with E-state index >= 15 is 0 Å². The van der Waals surface area contributed by atoms with Crippen molar-refractivity contribution in [2.75, 3.05) is 13.2 Å². The van der Waals surface area contributed by atoms with Crippen LogP contribution in [0.4, 0.5) is 0 Å². The molecule has 0 unspecified atom stereocenters. The van der Waals surface area contributed by atoms with Gasteiger partial charge in [0.1, 0.15) is 11.6 Å². The van der Waals surface area contributed by atoms with Crippen molar-refractivity contribution in [3.05, 3.63) is 11.6 Å². The normalized spacial score (nSPS) is 37.6. The van der Waals surface area contributed by atoms with Crippen molar-refractivity contribution in [1.29, 1.82) is 0 Å². The van der Waals surface area contributed by atoms with Gasteiger partial charge in [-0.15, -0.1) is 6.42 Å². The van der Waals surface area contributed by atoms with Crippen molar-refractivity contribution in [3.63, 3.8) is 0 Å². The monoisotopic (exact) mass is 667 g/mol. The average Bonchev–Trinajstić information content (AvgIpc) is 3.29. The first-order valence-corrected chi connectivity index (χ1v) is 18.1. The summed E-state index contributed by atoms with van der Waals surface area (Å²) in [6.07, 6.45) is 16.6. The second-order valence-corrected chi connectivity index (χ2v) is 16.7. The van der Waals surface area contributed by atoms with Crippen LogP contribution in [-0.4, -0.2) is 70.2 Å². The number of nitrogens with one attached hydrogen (secondary N) is 2. The Morgan fingerprint density at radius 1 is 1.06 bits per heavy atom. The van der Waals surface area contributed by atoms with Gasteiger partial charge < -0.3 is 30.4 Å². The number of oxime groups is 1. The van der Waals surface area contributed by atoms with Gasteiger partial charge in [-0.05, 0) is 119 Å². The number of carbonyl (C=O) groups is 3. The van der Waals surface area contributed by atoms with Crippen LogP contribution in [0.15, 0.2) is 16.8 Å². The van der Waals surface area contributed by atoms with Crippen molar-refractivity contribution in [2.45, 2.75) is 135 Å². The van der Waals surface area contributed by atoms with E-state index in [4.69, 9.17) is 16.0 Å². The third-order valence-corrected chi connectivity index (χ3v) is 13.0. The highest BCUT2D eigenvalue weighted by Gasteiger charge is 2.63. The maximum atomic E-state index is 13.4. The zero-order valence-electron chi connectivity index (χ0n) is 29.8. The first kappa shape index (κ1) is 36.4. The van der Waals surface area contributed by atoms with Gasteiger partial charge in [0.15, 0.2) is 6.61 Å². The predicted molar refractivity (Wildman–Crippen MR) is 183 cm³/mol. The van der Waals surface area contributed by atoms with Crippen molar-refractivity contribution in [3.8, 4) is 12.3 Å². The minimum atomic E-state index is -1.00. The molecule has 4 N–H and O–H groups in total. The van der Waals surface area contributed by atoms with Crippen molar-refractivity contribution >= 4 is 23.5 Å². The fourth-order valence-electron chi connectivity index (χ4n) is 10.2. The molecule has 5 aliphatic rings. The molecule has 1 heterocycles. The number of carboxylic acid groups (broad SMARTS) is 1. The summed E-state index contributed by atoms with van der Waals surface area (Å²) in [6, 6.07) is -1.42. The number of carboxylic acids is 1. The molecule has 0 aromatic heterocycles. The molecule has 266 valence electrons. The maximum absolute atomic E-state index is 13.4. The van der Waals surface area contributed by atoms with E-state index in [2.05, 4.69) is 41.6 Å². The lowest BCUT2D eigenvalue weighted by molar-refractivity contribution is -0.140. The number of aliphatic carboxylic acids is 1. The molecule has 0 aromatic rings. The number of hydrogen-bond donors (Lipinski definition) is 4. The first-order chi connectivity index (χ1) is 22.5. The lowest BCUT2D eigenvalue weighted by Crippen LogP contribution is -2.55. The zero-order valence-corrected chi connectivity index (χ0v) is 29.8. The van der Waals surface area contributed by atoms with Gasteiger partial charge in [-0.1, -0.05) is 44.3 Å². The van der Waals surface area contributed by atoms with Crippen molar-refractivity contribution in [2.24, 2.45) is 45.6 Å². The number of nitrogens with zero attached hydrogens (tertiary/aromatic N) is 1. The summed E-state index contributed by atoms with van der Waals surface area (Å²) in [4.78, 5) is 43.5. The smallest absolute Gasteiger partial charge is 0.305 e. The molecule has 9 atom stereocenters. The third-order valence-electron chi connectivity index (χ3n) is 13.0. The number of amides is 2.